The molecular weight excluding hydrogens is 402 g/mol. The van der Waals surface area contributed by atoms with Crippen molar-refractivity contribution < 1.29 is 9.21 Å². The monoisotopic (exact) mass is 429 g/mol. The maximum atomic E-state index is 12.7. The average Bonchev–Trinajstić information content (AvgIpc) is 3.52. The number of imidazole rings is 1. The van der Waals surface area contributed by atoms with E-state index in [1.165, 1.54) is 5.56 Å². The molecule has 1 atom stereocenters. The number of hydrogen-bond donors (Lipinski definition) is 1. The molecule has 2 heterocycles. The summed E-state index contributed by atoms with van der Waals surface area (Å²) in [7, 11) is 0. The van der Waals surface area contributed by atoms with E-state index in [-0.39, 0.29) is 11.9 Å². The van der Waals surface area contributed by atoms with Crippen LogP contribution in [0, 0.1) is 0 Å². The summed E-state index contributed by atoms with van der Waals surface area (Å²) >= 11 is 0. The van der Waals surface area contributed by atoms with Gasteiger partial charge in [0.15, 0.2) is 0 Å². The summed E-state index contributed by atoms with van der Waals surface area (Å²) in [5.41, 5.74) is 2.32. The standard InChI is InChI=1S/C25H27N5O2/c31-23(12-14-25-29-28-24(32-25)13-11-20-7-3-1-4-8-20)27-22(21-9-5-2-6-10-21)15-17-30-18-16-26-19-30/h1-10,16,18-19,22H,11-15,17H2,(H,27,31)/t22-/m1/s1. The molecule has 0 saturated heterocycles. The topological polar surface area (TPSA) is 85.8 Å². The third-order valence-corrected chi connectivity index (χ3v) is 5.32. The fourth-order valence-corrected chi connectivity index (χ4v) is 3.58. The third-order valence-electron chi connectivity index (χ3n) is 5.32. The van der Waals surface area contributed by atoms with Gasteiger partial charge in [-0.15, -0.1) is 10.2 Å². The highest BCUT2D eigenvalue weighted by Gasteiger charge is 2.16. The van der Waals surface area contributed by atoms with Crippen molar-refractivity contribution in [2.45, 2.75) is 44.7 Å². The largest absolute Gasteiger partial charge is 0.425 e. The highest BCUT2D eigenvalue weighted by Crippen LogP contribution is 2.18. The number of amides is 1. The van der Waals surface area contributed by atoms with Crippen LogP contribution in [0.5, 0.6) is 0 Å². The lowest BCUT2D eigenvalue weighted by Crippen LogP contribution is -2.29. The molecule has 2 aromatic carbocycles. The second kappa shape index (κ2) is 11.0. The van der Waals surface area contributed by atoms with Gasteiger partial charge in [-0.3, -0.25) is 4.79 Å². The molecule has 1 amide bonds. The zero-order valence-electron chi connectivity index (χ0n) is 17.9. The molecule has 0 aliphatic heterocycles. The number of rotatable bonds is 11. The van der Waals surface area contributed by atoms with E-state index < -0.39 is 0 Å². The first-order chi connectivity index (χ1) is 15.8. The fraction of sp³-hybridized carbons (Fsp3) is 0.280. The molecule has 0 aliphatic carbocycles. The average molecular weight is 430 g/mol. The van der Waals surface area contributed by atoms with Crippen LogP contribution in [0.4, 0.5) is 0 Å². The van der Waals surface area contributed by atoms with E-state index in [2.05, 4.69) is 32.6 Å². The van der Waals surface area contributed by atoms with Crippen molar-refractivity contribution >= 4 is 5.91 Å². The Morgan fingerprint density at radius 3 is 2.38 bits per heavy atom. The molecule has 0 aliphatic rings. The number of carbonyl (C=O) groups is 1. The highest BCUT2D eigenvalue weighted by atomic mass is 16.4. The zero-order valence-corrected chi connectivity index (χ0v) is 17.9. The lowest BCUT2D eigenvalue weighted by Gasteiger charge is -2.19. The number of aromatic nitrogens is 4. The number of carbonyl (C=O) groups excluding carboxylic acids is 1. The van der Waals surface area contributed by atoms with Crippen LogP contribution in [0.25, 0.3) is 0 Å². The smallest absolute Gasteiger partial charge is 0.220 e. The number of nitrogens with one attached hydrogen (secondary N) is 1. The fourth-order valence-electron chi connectivity index (χ4n) is 3.58. The number of benzene rings is 2. The van der Waals surface area contributed by atoms with Crippen LogP contribution in [-0.2, 0) is 30.6 Å². The van der Waals surface area contributed by atoms with Crippen LogP contribution < -0.4 is 5.32 Å². The lowest BCUT2D eigenvalue weighted by molar-refractivity contribution is -0.122. The van der Waals surface area contributed by atoms with Gasteiger partial charge in [0.1, 0.15) is 0 Å². The highest BCUT2D eigenvalue weighted by molar-refractivity contribution is 5.76. The van der Waals surface area contributed by atoms with Gasteiger partial charge < -0.3 is 14.3 Å². The first kappa shape index (κ1) is 21.5. The molecule has 0 radical (unpaired) electrons. The summed E-state index contributed by atoms with van der Waals surface area (Å²) in [6.45, 7) is 0.772. The third kappa shape index (κ3) is 6.38. The van der Waals surface area contributed by atoms with Gasteiger partial charge in [0.25, 0.3) is 0 Å². The molecule has 0 saturated carbocycles. The molecule has 164 valence electrons. The van der Waals surface area contributed by atoms with Crippen LogP contribution >= 0.6 is 0 Å². The Balaban J connectivity index is 1.28. The second-order valence-electron chi connectivity index (χ2n) is 7.70. The first-order valence-electron chi connectivity index (χ1n) is 10.9. The molecule has 0 spiro atoms. The van der Waals surface area contributed by atoms with Crippen LogP contribution in [0.2, 0.25) is 0 Å². The Bertz CT molecular complexity index is 1080. The molecule has 2 aromatic heterocycles. The molecule has 4 aromatic rings. The Hall–Kier alpha value is -3.74. The van der Waals surface area contributed by atoms with Crippen LogP contribution in [-0.4, -0.2) is 25.7 Å². The summed E-state index contributed by atoms with van der Waals surface area (Å²) in [4.78, 5) is 16.7. The van der Waals surface area contributed by atoms with Crippen molar-refractivity contribution in [2.75, 3.05) is 0 Å². The summed E-state index contributed by atoms with van der Waals surface area (Å²) < 4.78 is 7.74. The second-order valence-corrected chi connectivity index (χ2v) is 7.70. The van der Waals surface area contributed by atoms with Gasteiger partial charge in [0, 0.05) is 38.2 Å². The van der Waals surface area contributed by atoms with Gasteiger partial charge in [-0.05, 0) is 24.0 Å². The molecule has 0 fully saturated rings. The molecule has 0 bridgehead atoms. The normalized spacial score (nSPS) is 11.9. The number of nitrogens with zero attached hydrogens (tertiary/aromatic N) is 4. The summed E-state index contributed by atoms with van der Waals surface area (Å²) in [5, 5.41) is 11.4. The maximum absolute atomic E-state index is 12.7. The van der Waals surface area contributed by atoms with E-state index in [0.717, 1.165) is 24.9 Å². The van der Waals surface area contributed by atoms with Gasteiger partial charge in [-0.2, -0.15) is 0 Å². The molecular formula is C25H27N5O2. The Kier molecular flexibility index (Phi) is 7.42. The number of aryl methyl sites for hydroxylation is 4. The minimum absolute atomic E-state index is 0.0338. The van der Waals surface area contributed by atoms with Gasteiger partial charge in [0.05, 0.1) is 12.4 Å². The van der Waals surface area contributed by atoms with E-state index in [1.807, 2.05) is 59.3 Å². The molecule has 1 N–H and O–H groups in total. The quantitative estimate of drug-likeness (QED) is 0.390. The zero-order chi connectivity index (χ0) is 22.0. The predicted octanol–water partition coefficient (Wildman–Crippen LogP) is 3.93. The minimum Gasteiger partial charge on any atom is -0.425 e. The SMILES string of the molecule is O=C(CCc1nnc(CCc2ccccc2)o1)N[C@H](CCn1ccnc1)c1ccccc1. The molecule has 4 rings (SSSR count). The summed E-state index contributed by atoms with van der Waals surface area (Å²) in [5.74, 6) is 1.07. The Labute approximate surface area is 187 Å². The Morgan fingerprint density at radius 1 is 0.938 bits per heavy atom. The molecule has 32 heavy (non-hydrogen) atoms. The van der Waals surface area contributed by atoms with Crippen molar-refractivity contribution in [1.29, 1.82) is 0 Å². The van der Waals surface area contributed by atoms with Crippen molar-refractivity contribution in [3.63, 3.8) is 0 Å². The van der Waals surface area contributed by atoms with Crippen molar-refractivity contribution in [3.05, 3.63) is 102 Å². The maximum Gasteiger partial charge on any atom is 0.220 e. The van der Waals surface area contributed by atoms with Gasteiger partial charge >= 0.3 is 0 Å². The first-order valence-corrected chi connectivity index (χ1v) is 10.9. The van der Waals surface area contributed by atoms with E-state index in [0.29, 0.717) is 31.0 Å². The number of hydrogen-bond acceptors (Lipinski definition) is 5. The van der Waals surface area contributed by atoms with E-state index in [1.54, 1.807) is 12.5 Å². The summed E-state index contributed by atoms with van der Waals surface area (Å²) in [6, 6.07) is 20.2. The van der Waals surface area contributed by atoms with E-state index in [9.17, 15) is 4.79 Å². The Morgan fingerprint density at radius 2 is 1.66 bits per heavy atom. The van der Waals surface area contributed by atoms with Crippen molar-refractivity contribution in [2.24, 2.45) is 0 Å². The molecule has 7 heteroatoms. The van der Waals surface area contributed by atoms with Gasteiger partial charge in [-0.25, -0.2) is 4.98 Å². The lowest BCUT2D eigenvalue weighted by atomic mass is 10.0. The predicted molar refractivity (Wildman–Crippen MR) is 121 cm³/mol. The molecule has 0 unspecified atom stereocenters. The van der Waals surface area contributed by atoms with Gasteiger partial charge in [-0.1, -0.05) is 60.7 Å². The van der Waals surface area contributed by atoms with Crippen LogP contribution in [0.3, 0.4) is 0 Å². The van der Waals surface area contributed by atoms with E-state index in [4.69, 9.17) is 4.42 Å². The minimum atomic E-state index is -0.0739. The summed E-state index contributed by atoms with van der Waals surface area (Å²) in [6.07, 6.45) is 8.50. The van der Waals surface area contributed by atoms with E-state index >= 15 is 0 Å². The van der Waals surface area contributed by atoms with Crippen molar-refractivity contribution in [3.8, 4) is 0 Å². The van der Waals surface area contributed by atoms with Crippen LogP contribution in [0.15, 0.2) is 83.8 Å². The molecule has 7 nitrogen and oxygen atoms in total. The van der Waals surface area contributed by atoms with Crippen LogP contribution in [0.1, 0.15) is 41.8 Å². The van der Waals surface area contributed by atoms with Gasteiger partial charge in [0.2, 0.25) is 17.7 Å². The van der Waals surface area contributed by atoms with Crippen molar-refractivity contribution in [1.82, 2.24) is 25.1 Å².